The molecule has 2 rings (SSSR count). The molecular formula is C28H42O. The molecular weight excluding hydrogens is 352 g/mol. The average molecular weight is 395 g/mol. The van der Waals surface area contributed by atoms with Crippen LogP contribution >= 0.6 is 0 Å². The molecule has 0 saturated heterocycles. The van der Waals surface area contributed by atoms with E-state index in [1.165, 1.54) is 75.3 Å². The van der Waals surface area contributed by atoms with Crippen LogP contribution in [0.4, 0.5) is 0 Å². The van der Waals surface area contributed by atoms with Crippen LogP contribution in [0.25, 0.3) is 0 Å². The molecule has 1 nitrogen and oxygen atoms in total. The Morgan fingerprint density at radius 1 is 0.517 bits per heavy atom. The maximum Gasteiger partial charge on any atom is 0.127 e. The Kier molecular flexibility index (Phi) is 10.9. The molecule has 29 heavy (non-hydrogen) atoms. The van der Waals surface area contributed by atoms with Crippen molar-refractivity contribution in [3.05, 3.63) is 59.7 Å². The van der Waals surface area contributed by atoms with Gasteiger partial charge in [0.2, 0.25) is 0 Å². The SMILES string of the molecule is CC(C)CCCCCc1ccc(Oc2ccc(CCCCCC(C)C)cc2)cc1. The highest BCUT2D eigenvalue weighted by atomic mass is 16.5. The lowest BCUT2D eigenvalue weighted by Gasteiger charge is -2.09. The fourth-order valence-corrected chi connectivity index (χ4v) is 3.70. The molecule has 0 amide bonds. The van der Waals surface area contributed by atoms with E-state index < -0.39 is 0 Å². The quantitative estimate of drug-likeness (QED) is 0.290. The number of benzene rings is 2. The molecule has 0 aliphatic heterocycles. The number of aryl methyl sites for hydroxylation is 2. The summed E-state index contributed by atoms with van der Waals surface area (Å²) in [5.74, 6) is 3.51. The summed E-state index contributed by atoms with van der Waals surface area (Å²) in [5, 5.41) is 0. The van der Waals surface area contributed by atoms with Crippen LogP contribution < -0.4 is 4.74 Å². The molecule has 0 fully saturated rings. The van der Waals surface area contributed by atoms with Crippen LogP contribution in [0, 0.1) is 11.8 Å². The van der Waals surface area contributed by atoms with Gasteiger partial charge in [0.05, 0.1) is 0 Å². The molecule has 0 radical (unpaired) electrons. The summed E-state index contributed by atoms with van der Waals surface area (Å²) in [6.45, 7) is 9.23. The van der Waals surface area contributed by atoms with Gasteiger partial charge in [-0.25, -0.2) is 0 Å². The largest absolute Gasteiger partial charge is 0.457 e. The molecule has 2 aromatic carbocycles. The number of unbranched alkanes of at least 4 members (excludes halogenated alkanes) is 4. The zero-order chi connectivity index (χ0) is 20.9. The van der Waals surface area contributed by atoms with Crippen LogP contribution in [0.2, 0.25) is 0 Å². The van der Waals surface area contributed by atoms with Gasteiger partial charge >= 0.3 is 0 Å². The van der Waals surface area contributed by atoms with E-state index in [0.29, 0.717) is 0 Å². The van der Waals surface area contributed by atoms with Crippen molar-refractivity contribution in [2.45, 2.75) is 91.9 Å². The Balaban J connectivity index is 1.68. The summed E-state index contributed by atoms with van der Waals surface area (Å²) in [7, 11) is 0. The molecule has 0 spiro atoms. The highest BCUT2D eigenvalue weighted by molar-refractivity contribution is 5.34. The van der Waals surface area contributed by atoms with Gasteiger partial charge in [-0.15, -0.1) is 0 Å². The van der Waals surface area contributed by atoms with E-state index in [9.17, 15) is 0 Å². The molecule has 160 valence electrons. The van der Waals surface area contributed by atoms with Crippen LogP contribution in [0.5, 0.6) is 11.5 Å². The zero-order valence-corrected chi connectivity index (χ0v) is 19.3. The van der Waals surface area contributed by atoms with Crippen LogP contribution in [0.3, 0.4) is 0 Å². The maximum atomic E-state index is 6.03. The second-order valence-electron chi connectivity index (χ2n) is 9.38. The van der Waals surface area contributed by atoms with Crippen LogP contribution in [0.1, 0.15) is 90.2 Å². The van der Waals surface area contributed by atoms with Crippen molar-refractivity contribution >= 4 is 0 Å². The smallest absolute Gasteiger partial charge is 0.127 e. The van der Waals surface area contributed by atoms with Crippen molar-refractivity contribution in [1.29, 1.82) is 0 Å². The summed E-state index contributed by atoms with van der Waals surface area (Å²) < 4.78 is 6.03. The first-order chi connectivity index (χ1) is 14.0. The van der Waals surface area contributed by atoms with E-state index >= 15 is 0 Å². The van der Waals surface area contributed by atoms with Crippen LogP contribution in [0.15, 0.2) is 48.5 Å². The Labute approximate surface area is 179 Å². The van der Waals surface area contributed by atoms with E-state index in [0.717, 1.165) is 23.3 Å². The highest BCUT2D eigenvalue weighted by Gasteiger charge is 2.01. The van der Waals surface area contributed by atoms with Crippen molar-refractivity contribution < 1.29 is 4.74 Å². The van der Waals surface area contributed by atoms with Gasteiger partial charge < -0.3 is 4.74 Å². The molecule has 2 aromatic rings. The Morgan fingerprint density at radius 3 is 1.24 bits per heavy atom. The Hall–Kier alpha value is -1.76. The second kappa shape index (κ2) is 13.5. The van der Waals surface area contributed by atoms with Gasteiger partial charge in [0.1, 0.15) is 11.5 Å². The summed E-state index contributed by atoms with van der Waals surface area (Å²) >= 11 is 0. The minimum atomic E-state index is 0.829. The summed E-state index contributed by atoms with van der Waals surface area (Å²) in [5.41, 5.74) is 2.82. The molecule has 0 heterocycles. The third-order valence-corrected chi connectivity index (χ3v) is 5.58. The first-order valence-electron chi connectivity index (χ1n) is 11.9. The lowest BCUT2D eigenvalue weighted by Crippen LogP contribution is -1.91. The van der Waals surface area contributed by atoms with Crippen molar-refractivity contribution in [2.24, 2.45) is 11.8 Å². The number of hydrogen-bond acceptors (Lipinski definition) is 1. The lowest BCUT2D eigenvalue weighted by molar-refractivity contribution is 0.482. The predicted octanol–water partition coefficient (Wildman–Crippen LogP) is 9.00. The van der Waals surface area contributed by atoms with Gasteiger partial charge in [-0.05, 0) is 72.9 Å². The first-order valence-corrected chi connectivity index (χ1v) is 11.9. The summed E-state index contributed by atoms with van der Waals surface area (Å²) in [6.07, 6.45) is 13.0. The summed E-state index contributed by atoms with van der Waals surface area (Å²) in [4.78, 5) is 0. The van der Waals surface area contributed by atoms with E-state index in [2.05, 4.69) is 76.2 Å². The summed E-state index contributed by atoms with van der Waals surface area (Å²) in [6, 6.07) is 17.3. The second-order valence-corrected chi connectivity index (χ2v) is 9.38. The standard InChI is InChI=1S/C28H42O/c1-23(2)11-7-5-9-13-25-15-19-27(20-16-25)29-28-21-17-26(18-22-28)14-10-6-8-12-24(3)4/h15-24H,5-14H2,1-4H3. The third-order valence-electron chi connectivity index (χ3n) is 5.58. The molecule has 0 N–H and O–H groups in total. The van der Waals surface area contributed by atoms with Gasteiger partial charge in [0, 0.05) is 0 Å². The fraction of sp³-hybridized carbons (Fsp3) is 0.571. The van der Waals surface area contributed by atoms with E-state index in [-0.39, 0.29) is 0 Å². The topological polar surface area (TPSA) is 9.23 Å². The normalized spacial score (nSPS) is 11.4. The van der Waals surface area contributed by atoms with Crippen LogP contribution in [-0.2, 0) is 12.8 Å². The molecule has 0 bridgehead atoms. The van der Waals surface area contributed by atoms with Gasteiger partial charge in [-0.1, -0.05) is 90.5 Å². The molecule has 0 aliphatic rings. The predicted molar refractivity (Wildman–Crippen MR) is 127 cm³/mol. The number of hydrogen-bond donors (Lipinski definition) is 0. The van der Waals surface area contributed by atoms with Crippen molar-refractivity contribution in [2.75, 3.05) is 0 Å². The molecule has 0 atom stereocenters. The van der Waals surface area contributed by atoms with E-state index in [4.69, 9.17) is 4.74 Å². The Bertz CT molecular complexity index is 592. The van der Waals surface area contributed by atoms with Gasteiger partial charge in [-0.3, -0.25) is 0 Å². The van der Waals surface area contributed by atoms with Crippen molar-refractivity contribution in [3.63, 3.8) is 0 Å². The lowest BCUT2D eigenvalue weighted by atomic mass is 10.0. The molecule has 0 saturated carbocycles. The van der Waals surface area contributed by atoms with E-state index in [1.807, 2.05) is 0 Å². The molecule has 0 aliphatic carbocycles. The zero-order valence-electron chi connectivity index (χ0n) is 19.3. The maximum absolute atomic E-state index is 6.03. The van der Waals surface area contributed by atoms with Gasteiger partial charge in [0.25, 0.3) is 0 Å². The monoisotopic (exact) mass is 394 g/mol. The average Bonchev–Trinajstić information content (AvgIpc) is 2.69. The van der Waals surface area contributed by atoms with Gasteiger partial charge in [0.15, 0.2) is 0 Å². The minimum absolute atomic E-state index is 0.829. The Morgan fingerprint density at radius 2 is 0.897 bits per heavy atom. The minimum Gasteiger partial charge on any atom is -0.457 e. The number of rotatable bonds is 14. The fourth-order valence-electron chi connectivity index (χ4n) is 3.70. The molecule has 0 aromatic heterocycles. The molecule has 0 unspecified atom stereocenters. The van der Waals surface area contributed by atoms with Crippen molar-refractivity contribution in [3.8, 4) is 11.5 Å². The first kappa shape index (κ1) is 23.5. The van der Waals surface area contributed by atoms with Gasteiger partial charge in [-0.2, -0.15) is 0 Å². The van der Waals surface area contributed by atoms with E-state index in [1.54, 1.807) is 0 Å². The van der Waals surface area contributed by atoms with Crippen LogP contribution in [-0.4, -0.2) is 0 Å². The number of ether oxygens (including phenoxy) is 1. The third kappa shape index (κ3) is 10.5. The highest BCUT2D eigenvalue weighted by Crippen LogP contribution is 2.23. The molecule has 1 heteroatoms. The van der Waals surface area contributed by atoms with Crippen molar-refractivity contribution in [1.82, 2.24) is 0 Å².